The fourth-order valence-electron chi connectivity index (χ4n) is 4.65. The molecule has 0 N–H and O–H groups in total. The molecule has 2 aliphatic rings. The first kappa shape index (κ1) is 15.0. The predicted molar refractivity (Wildman–Crippen MR) is 109 cm³/mol. The Hall–Kier alpha value is -3.16. The van der Waals surface area contributed by atoms with Crippen LogP contribution in [0.25, 0.3) is 22.3 Å². The number of hydrogen-bond donors (Lipinski definition) is 0. The number of fused-ring (bicyclic) bond motifs is 6. The van der Waals surface area contributed by atoms with Crippen molar-refractivity contribution in [2.45, 2.75) is 12.2 Å². The van der Waals surface area contributed by atoms with Crippen molar-refractivity contribution < 1.29 is 4.74 Å². The van der Waals surface area contributed by atoms with Crippen LogP contribution < -0.4 is 0 Å². The van der Waals surface area contributed by atoms with E-state index >= 15 is 0 Å². The molecule has 4 aromatic rings. The fourth-order valence-corrected chi connectivity index (χ4v) is 4.65. The Labute approximate surface area is 158 Å². The molecule has 128 valence electrons. The lowest BCUT2D eigenvalue weighted by Gasteiger charge is -2.22. The lowest BCUT2D eigenvalue weighted by molar-refractivity contribution is 0.0358. The predicted octanol–water partition coefficient (Wildman–Crippen LogP) is 6.54. The van der Waals surface area contributed by atoms with Gasteiger partial charge in [-0.2, -0.15) is 0 Å². The monoisotopic (exact) mass is 346 g/mol. The average Bonchev–Trinajstić information content (AvgIpc) is 3.23. The third-order valence-electron chi connectivity index (χ3n) is 5.83. The molecule has 0 radical (unpaired) electrons. The van der Waals surface area contributed by atoms with Gasteiger partial charge in [0.05, 0.1) is 0 Å². The van der Waals surface area contributed by atoms with Crippen molar-refractivity contribution in [2.75, 3.05) is 0 Å². The van der Waals surface area contributed by atoms with E-state index in [1.165, 1.54) is 44.5 Å². The van der Waals surface area contributed by atoms with Gasteiger partial charge in [-0.3, -0.25) is 0 Å². The van der Waals surface area contributed by atoms with Crippen molar-refractivity contribution in [1.29, 1.82) is 0 Å². The Morgan fingerprint density at radius 1 is 0.370 bits per heavy atom. The molecule has 0 saturated heterocycles. The molecule has 0 atom stereocenters. The van der Waals surface area contributed by atoms with Crippen LogP contribution in [0.5, 0.6) is 0 Å². The first-order chi connectivity index (χ1) is 13.4. The lowest BCUT2D eigenvalue weighted by Crippen LogP contribution is -2.09. The summed E-state index contributed by atoms with van der Waals surface area (Å²) in [7, 11) is 0. The Balaban J connectivity index is 1.51. The summed E-state index contributed by atoms with van der Waals surface area (Å²) >= 11 is 0. The molecular weight excluding hydrogens is 328 g/mol. The van der Waals surface area contributed by atoms with Crippen molar-refractivity contribution in [3.05, 3.63) is 119 Å². The summed E-state index contributed by atoms with van der Waals surface area (Å²) in [6.45, 7) is 0. The molecule has 0 amide bonds. The van der Waals surface area contributed by atoms with Gasteiger partial charge in [-0.15, -0.1) is 0 Å². The first-order valence-electron chi connectivity index (χ1n) is 9.44. The van der Waals surface area contributed by atoms with Gasteiger partial charge in [0, 0.05) is 0 Å². The van der Waals surface area contributed by atoms with Gasteiger partial charge in [-0.1, -0.05) is 97.1 Å². The van der Waals surface area contributed by atoms with Crippen LogP contribution >= 0.6 is 0 Å². The standard InChI is InChI=1S/C26H18O/c1-5-13-21-17(9-1)18-10-2-6-14-22(18)25(21)27-26-23-15-7-3-11-19(23)20-12-4-8-16-24(20)26/h1-16,25-26H. The Kier molecular flexibility index (Phi) is 3.14. The molecule has 4 aromatic carbocycles. The summed E-state index contributed by atoms with van der Waals surface area (Å²) in [4.78, 5) is 0. The van der Waals surface area contributed by atoms with Crippen molar-refractivity contribution in [2.24, 2.45) is 0 Å². The van der Waals surface area contributed by atoms with E-state index in [9.17, 15) is 0 Å². The summed E-state index contributed by atoms with van der Waals surface area (Å²) < 4.78 is 6.88. The van der Waals surface area contributed by atoms with E-state index in [0.29, 0.717) is 0 Å². The van der Waals surface area contributed by atoms with Crippen LogP contribution in [0.15, 0.2) is 97.1 Å². The van der Waals surface area contributed by atoms with E-state index in [0.717, 1.165) is 0 Å². The van der Waals surface area contributed by atoms with Gasteiger partial charge in [0.25, 0.3) is 0 Å². The van der Waals surface area contributed by atoms with E-state index < -0.39 is 0 Å². The molecule has 2 aliphatic carbocycles. The molecule has 6 rings (SSSR count). The third kappa shape index (κ3) is 2.09. The second-order valence-corrected chi connectivity index (χ2v) is 7.25. The fraction of sp³-hybridized carbons (Fsp3) is 0.0769. The summed E-state index contributed by atoms with van der Waals surface area (Å²) in [5.41, 5.74) is 10.2. The van der Waals surface area contributed by atoms with Crippen LogP contribution in [0, 0.1) is 0 Å². The van der Waals surface area contributed by atoms with Crippen LogP contribution in [-0.2, 0) is 4.74 Å². The van der Waals surface area contributed by atoms with Crippen LogP contribution in [0.4, 0.5) is 0 Å². The maximum Gasteiger partial charge on any atom is 0.110 e. The Morgan fingerprint density at radius 2 is 0.630 bits per heavy atom. The average molecular weight is 346 g/mol. The highest BCUT2D eigenvalue weighted by Gasteiger charge is 2.35. The number of benzene rings is 4. The molecule has 1 nitrogen and oxygen atoms in total. The maximum absolute atomic E-state index is 6.88. The van der Waals surface area contributed by atoms with E-state index in [1.54, 1.807) is 0 Å². The second kappa shape index (κ2) is 5.67. The Morgan fingerprint density at radius 3 is 0.926 bits per heavy atom. The normalized spacial score (nSPS) is 14.5. The molecule has 0 bridgehead atoms. The molecule has 0 aromatic heterocycles. The van der Waals surface area contributed by atoms with E-state index in [-0.39, 0.29) is 12.2 Å². The van der Waals surface area contributed by atoms with Crippen LogP contribution in [0.2, 0.25) is 0 Å². The van der Waals surface area contributed by atoms with Gasteiger partial charge in [0.15, 0.2) is 0 Å². The van der Waals surface area contributed by atoms with Gasteiger partial charge >= 0.3 is 0 Å². The molecule has 0 unspecified atom stereocenters. The summed E-state index contributed by atoms with van der Waals surface area (Å²) in [6.07, 6.45) is -0.0803. The SMILES string of the molecule is c1ccc2c(c1)-c1ccccc1C2OC1c2ccccc2-c2ccccc21. The largest absolute Gasteiger partial charge is 0.356 e. The van der Waals surface area contributed by atoms with Crippen LogP contribution in [-0.4, -0.2) is 0 Å². The third-order valence-corrected chi connectivity index (χ3v) is 5.83. The molecule has 0 spiro atoms. The molecular formula is C26H18O. The number of rotatable bonds is 2. The summed E-state index contributed by atoms with van der Waals surface area (Å²) in [6, 6.07) is 34.5. The molecule has 0 saturated carbocycles. The topological polar surface area (TPSA) is 9.23 Å². The smallest absolute Gasteiger partial charge is 0.110 e. The van der Waals surface area contributed by atoms with Crippen molar-refractivity contribution >= 4 is 0 Å². The molecule has 27 heavy (non-hydrogen) atoms. The summed E-state index contributed by atoms with van der Waals surface area (Å²) in [5, 5.41) is 0. The van der Waals surface area contributed by atoms with Crippen LogP contribution in [0.3, 0.4) is 0 Å². The zero-order valence-electron chi connectivity index (χ0n) is 14.8. The highest BCUT2D eigenvalue weighted by molar-refractivity contribution is 5.80. The van der Waals surface area contributed by atoms with Gasteiger partial charge in [-0.05, 0) is 44.5 Å². The molecule has 0 fully saturated rings. The highest BCUT2D eigenvalue weighted by atomic mass is 16.5. The van der Waals surface area contributed by atoms with E-state index in [2.05, 4.69) is 97.1 Å². The van der Waals surface area contributed by atoms with Gasteiger partial charge in [0.1, 0.15) is 12.2 Å². The second-order valence-electron chi connectivity index (χ2n) is 7.25. The minimum absolute atomic E-state index is 0.0402. The lowest BCUT2D eigenvalue weighted by atomic mass is 10.1. The van der Waals surface area contributed by atoms with Crippen molar-refractivity contribution in [3.63, 3.8) is 0 Å². The van der Waals surface area contributed by atoms with Crippen LogP contribution in [0.1, 0.15) is 34.5 Å². The number of hydrogen-bond acceptors (Lipinski definition) is 1. The van der Waals surface area contributed by atoms with Gasteiger partial charge in [-0.25, -0.2) is 0 Å². The minimum atomic E-state index is -0.0402. The van der Waals surface area contributed by atoms with Gasteiger partial charge < -0.3 is 4.74 Å². The van der Waals surface area contributed by atoms with Crippen molar-refractivity contribution in [3.8, 4) is 22.3 Å². The maximum atomic E-state index is 6.88. The quantitative estimate of drug-likeness (QED) is 0.400. The number of ether oxygens (including phenoxy) is 1. The first-order valence-corrected chi connectivity index (χ1v) is 9.44. The van der Waals surface area contributed by atoms with Crippen molar-refractivity contribution in [1.82, 2.24) is 0 Å². The van der Waals surface area contributed by atoms with E-state index in [1.807, 2.05) is 0 Å². The van der Waals surface area contributed by atoms with Gasteiger partial charge in [0.2, 0.25) is 0 Å². The minimum Gasteiger partial charge on any atom is -0.356 e. The molecule has 0 heterocycles. The zero-order valence-corrected chi connectivity index (χ0v) is 14.8. The molecule has 0 aliphatic heterocycles. The zero-order chi connectivity index (χ0) is 17.8. The van der Waals surface area contributed by atoms with E-state index in [4.69, 9.17) is 4.74 Å². The molecule has 1 heteroatoms. The summed E-state index contributed by atoms with van der Waals surface area (Å²) in [5.74, 6) is 0. The highest BCUT2D eigenvalue weighted by Crippen LogP contribution is 2.51. The Bertz CT molecular complexity index is 990.